The quantitative estimate of drug-likeness (QED) is 0.740. The zero-order valence-corrected chi connectivity index (χ0v) is 11.5. The molecule has 3 aromatic heterocycles. The van der Waals surface area contributed by atoms with Crippen LogP contribution in [0.5, 0.6) is 11.8 Å². The van der Waals surface area contributed by atoms with Crippen LogP contribution in [0.25, 0.3) is 5.95 Å². The summed E-state index contributed by atoms with van der Waals surface area (Å²) < 4.78 is 8.67. The van der Waals surface area contributed by atoms with Crippen molar-refractivity contribution in [1.82, 2.24) is 39.5 Å². The molecule has 0 aliphatic heterocycles. The van der Waals surface area contributed by atoms with Crippen molar-refractivity contribution in [2.24, 2.45) is 0 Å². The van der Waals surface area contributed by atoms with Crippen LogP contribution in [0.3, 0.4) is 0 Å². The number of nitrogen functional groups attached to an aromatic ring is 1. The summed E-state index contributed by atoms with van der Waals surface area (Å²) in [5.74, 6) is 0.770. The maximum atomic E-state index is 5.65. The van der Waals surface area contributed by atoms with Crippen molar-refractivity contribution in [2.45, 2.75) is 19.9 Å². The molecule has 0 aromatic carbocycles. The number of hydrogen-bond acceptors (Lipinski definition) is 8. The van der Waals surface area contributed by atoms with Crippen LogP contribution in [-0.2, 0) is 0 Å². The molecule has 0 unspecified atom stereocenters. The second-order valence-corrected chi connectivity index (χ2v) is 4.47. The van der Waals surface area contributed by atoms with Crippen molar-refractivity contribution in [3.8, 4) is 17.7 Å². The third-order valence-electron chi connectivity index (χ3n) is 2.56. The van der Waals surface area contributed by atoms with Crippen LogP contribution in [-0.4, -0.2) is 39.5 Å². The van der Waals surface area contributed by atoms with E-state index in [9.17, 15) is 0 Å². The number of nitrogens with zero attached hydrogens (tertiary/aromatic N) is 8. The lowest BCUT2D eigenvalue weighted by Gasteiger charge is -2.05. The summed E-state index contributed by atoms with van der Waals surface area (Å²) in [7, 11) is 0. The van der Waals surface area contributed by atoms with Gasteiger partial charge in [-0.2, -0.15) is 29.8 Å². The van der Waals surface area contributed by atoms with Gasteiger partial charge in [0.05, 0.1) is 12.4 Å². The van der Waals surface area contributed by atoms with Crippen molar-refractivity contribution in [2.75, 3.05) is 5.73 Å². The molecule has 21 heavy (non-hydrogen) atoms. The molecule has 0 amide bonds. The van der Waals surface area contributed by atoms with Crippen molar-refractivity contribution in [3.63, 3.8) is 0 Å². The fraction of sp³-hybridized carbons (Fsp3) is 0.273. The zero-order valence-electron chi connectivity index (χ0n) is 11.5. The predicted octanol–water partition coefficient (Wildman–Crippen LogP) is 0.604. The van der Waals surface area contributed by atoms with Gasteiger partial charge >= 0.3 is 6.01 Å². The Morgan fingerprint density at radius 2 is 2.05 bits per heavy atom. The van der Waals surface area contributed by atoms with E-state index < -0.39 is 0 Å². The molecule has 0 saturated heterocycles. The molecule has 0 aliphatic carbocycles. The first-order valence-corrected chi connectivity index (χ1v) is 6.20. The summed E-state index contributed by atoms with van der Waals surface area (Å²) in [5.41, 5.74) is 5.65. The molecule has 10 nitrogen and oxygen atoms in total. The molecule has 10 heteroatoms. The van der Waals surface area contributed by atoms with Crippen LogP contribution < -0.4 is 10.5 Å². The van der Waals surface area contributed by atoms with Gasteiger partial charge in [-0.15, -0.1) is 0 Å². The summed E-state index contributed by atoms with van der Waals surface area (Å²) >= 11 is 0. The van der Waals surface area contributed by atoms with Crippen LogP contribution in [0, 0.1) is 0 Å². The van der Waals surface area contributed by atoms with Gasteiger partial charge < -0.3 is 10.5 Å². The smallest absolute Gasteiger partial charge is 0.328 e. The molecule has 0 radical (unpaired) electrons. The minimum Gasteiger partial charge on any atom is -0.421 e. The van der Waals surface area contributed by atoms with Crippen molar-refractivity contribution in [1.29, 1.82) is 0 Å². The van der Waals surface area contributed by atoms with Crippen molar-refractivity contribution in [3.05, 3.63) is 25.0 Å². The van der Waals surface area contributed by atoms with Crippen molar-refractivity contribution >= 4 is 5.95 Å². The Labute approximate surface area is 119 Å². The second kappa shape index (κ2) is 5.15. The fourth-order valence-corrected chi connectivity index (χ4v) is 1.58. The number of ether oxygens (including phenoxy) is 1. The van der Waals surface area contributed by atoms with Crippen LogP contribution in [0.4, 0.5) is 5.95 Å². The SMILES string of the molecule is CC(C)n1cc(Oc2nc(N)nc(-n3cncn3)n2)cn1. The van der Waals surface area contributed by atoms with E-state index in [1.165, 1.54) is 17.3 Å². The number of hydrogen-bond donors (Lipinski definition) is 1. The third kappa shape index (κ3) is 2.78. The number of aromatic nitrogens is 8. The molecule has 3 heterocycles. The molecule has 0 bridgehead atoms. The minimum absolute atomic E-state index is 0.0294. The first-order valence-electron chi connectivity index (χ1n) is 6.20. The molecular formula is C11H13N9O. The Hall–Kier alpha value is -3.04. The van der Waals surface area contributed by atoms with E-state index in [1.807, 2.05) is 13.8 Å². The largest absolute Gasteiger partial charge is 0.421 e. The van der Waals surface area contributed by atoms with Crippen LogP contribution in [0.15, 0.2) is 25.0 Å². The predicted molar refractivity (Wildman–Crippen MR) is 71.8 cm³/mol. The molecule has 0 aliphatic rings. The second-order valence-electron chi connectivity index (χ2n) is 4.47. The maximum Gasteiger partial charge on any atom is 0.328 e. The highest BCUT2D eigenvalue weighted by molar-refractivity contribution is 5.26. The Balaban J connectivity index is 1.88. The number of anilines is 1. The Morgan fingerprint density at radius 1 is 1.19 bits per heavy atom. The first kappa shape index (κ1) is 13.0. The van der Waals surface area contributed by atoms with E-state index in [2.05, 4.69) is 30.1 Å². The van der Waals surface area contributed by atoms with Crippen LogP contribution >= 0.6 is 0 Å². The molecule has 3 aromatic rings. The van der Waals surface area contributed by atoms with Gasteiger partial charge in [0.1, 0.15) is 12.7 Å². The third-order valence-corrected chi connectivity index (χ3v) is 2.56. The molecule has 0 saturated carbocycles. The topological polar surface area (TPSA) is 122 Å². The van der Waals surface area contributed by atoms with Gasteiger partial charge in [-0.25, -0.2) is 4.98 Å². The highest BCUT2D eigenvalue weighted by Gasteiger charge is 2.10. The Kier molecular flexibility index (Phi) is 3.18. The lowest BCUT2D eigenvalue weighted by atomic mass is 10.4. The summed E-state index contributed by atoms with van der Waals surface area (Å²) in [6, 6.07) is 0.299. The molecular weight excluding hydrogens is 274 g/mol. The van der Waals surface area contributed by atoms with E-state index in [-0.39, 0.29) is 23.9 Å². The molecule has 0 atom stereocenters. The summed E-state index contributed by atoms with van der Waals surface area (Å²) in [4.78, 5) is 15.8. The average Bonchev–Trinajstić information content (AvgIpc) is 3.08. The average molecular weight is 287 g/mol. The van der Waals surface area contributed by atoms with Gasteiger partial charge in [-0.1, -0.05) is 0 Å². The number of rotatable bonds is 4. The molecule has 0 spiro atoms. The Bertz CT molecular complexity index is 734. The van der Waals surface area contributed by atoms with Gasteiger partial charge in [0.2, 0.25) is 5.95 Å². The monoisotopic (exact) mass is 287 g/mol. The van der Waals surface area contributed by atoms with E-state index in [0.717, 1.165) is 0 Å². The van der Waals surface area contributed by atoms with Crippen LogP contribution in [0.2, 0.25) is 0 Å². The molecule has 0 fully saturated rings. The molecule has 108 valence electrons. The van der Waals surface area contributed by atoms with E-state index >= 15 is 0 Å². The lowest BCUT2D eigenvalue weighted by molar-refractivity contribution is 0.436. The van der Waals surface area contributed by atoms with E-state index in [1.54, 1.807) is 17.1 Å². The van der Waals surface area contributed by atoms with Gasteiger partial charge in [0.25, 0.3) is 5.95 Å². The highest BCUT2D eigenvalue weighted by atomic mass is 16.5. The summed E-state index contributed by atoms with van der Waals surface area (Å²) in [6.45, 7) is 4.03. The van der Waals surface area contributed by atoms with E-state index in [0.29, 0.717) is 5.75 Å². The van der Waals surface area contributed by atoms with Gasteiger partial charge in [-0.05, 0) is 13.8 Å². The maximum absolute atomic E-state index is 5.65. The fourth-order valence-electron chi connectivity index (χ4n) is 1.58. The van der Waals surface area contributed by atoms with Gasteiger partial charge in [0.15, 0.2) is 5.75 Å². The Morgan fingerprint density at radius 3 is 2.71 bits per heavy atom. The van der Waals surface area contributed by atoms with Crippen LogP contribution in [0.1, 0.15) is 19.9 Å². The van der Waals surface area contributed by atoms with Gasteiger partial charge in [-0.3, -0.25) is 4.68 Å². The lowest BCUT2D eigenvalue weighted by Crippen LogP contribution is -2.07. The zero-order chi connectivity index (χ0) is 14.8. The highest BCUT2D eigenvalue weighted by Crippen LogP contribution is 2.19. The normalized spacial score (nSPS) is 11.0. The number of nitrogens with two attached hydrogens (primary N) is 1. The first-order chi connectivity index (χ1) is 10.1. The van der Waals surface area contributed by atoms with E-state index in [4.69, 9.17) is 10.5 Å². The molecule has 3 rings (SSSR count). The summed E-state index contributed by atoms with van der Waals surface area (Å²) in [5, 5.41) is 8.10. The van der Waals surface area contributed by atoms with Crippen molar-refractivity contribution < 1.29 is 4.74 Å². The molecule has 2 N–H and O–H groups in total. The van der Waals surface area contributed by atoms with Gasteiger partial charge in [0, 0.05) is 6.04 Å². The minimum atomic E-state index is 0.0294. The summed E-state index contributed by atoms with van der Waals surface area (Å²) in [6.07, 6.45) is 6.15. The standard InChI is InChI=1S/C11H13N9O/c1-7(2)19-4-8(3-14-19)21-11-17-9(12)16-10(18-11)20-6-13-5-15-20/h3-7H,1-2H3,(H2,12,16,17,18).